The molecule has 2 amide bonds. The van der Waals surface area contributed by atoms with Crippen molar-refractivity contribution in [1.29, 1.82) is 0 Å². The van der Waals surface area contributed by atoms with Gasteiger partial charge in [0.25, 0.3) is 5.91 Å². The summed E-state index contributed by atoms with van der Waals surface area (Å²) < 4.78 is 15.3. The van der Waals surface area contributed by atoms with Crippen molar-refractivity contribution in [2.75, 3.05) is 4.90 Å². The zero-order valence-electron chi connectivity index (χ0n) is 16.2. The van der Waals surface area contributed by atoms with Gasteiger partial charge in [-0.05, 0) is 36.3 Å². The van der Waals surface area contributed by atoms with Crippen LogP contribution in [0.3, 0.4) is 0 Å². The molecular formula is C20H26FN3O2. The van der Waals surface area contributed by atoms with Gasteiger partial charge in [-0.1, -0.05) is 45.9 Å². The number of halogens is 1. The van der Waals surface area contributed by atoms with Crippen molar-refractivity contribution in [2.45, 2.75) is 47.0 Å². The Bertz CT molecular complexity index is 821. The number of rotatable bonds is 5. The Morgan fingerprint density at radius 1 is 1.35 bits per heavy atom. The molecule has 1 heterocycles. The highest BCUT2D eigenvalue weighted by Gasteiger charge is 2.29. The zero-order valence-corrected chi connectivity index (χ0v) is 16.2. The standard InChI is InChI=1S/C20H26FN3O2/c1-13(11-20(3,4)5)15-9-7-8-10-16(15)24(12-25)19(26)17-14(2)22-23(6)18(17)21/h7-10,12-13H,11H2,1-6H3. The summed E-state index contributed by atoms with van der Waals surface area (Å²) in [5, 5.41) is 3.93. The number of anilines is 1. The average Bonchev–Trinajstić information content (AvgIpc) is 2.79. The Morgan fingerprint density at radius 3 is 2.46 bits per heavy atom. The molecule has 1 atom stereocenters. The molecule has 6 heteroatoms. The molecule has 1 aromatic heterocycles. The first-order chi connectivity index (χ1) is 12.1. The van der Waals surface area contributed by atoms with E-state index in [2.05, 4.69) is 32.8 Å². The Hall–Kier alpha value is -2.50. The maximum Gasteiger partial charge on any atom is 0.271 e. The Morgan fingerprint density at radius 2 is 1.96 bits per heavy atom. The fraction of sp³-hybridized carbons (Fsp3) is 0.450. The molecule has 0 N–H and O–H groups in total. The third kappa shape index (κ3) is 4.00. The molecule has 2 rings (SSSR count). The van der Waals surface area contributed by atoms with Crippen LogP contribution in [0.25, 0.3) is 0 Å². The number of aryl methyl sites for hydroxylation is 2. The minimum absolute atomic E-state index is 0.0919. The predicted octanol–water partition coefficient (Wildman–Crippen LogP) is 4.21. The largest absolute Gasteiger partial charge is 0.278 e. The van der Waals surface area contributed by atoms with Crippen LogP contribution in [-0.2, 0) is 11.8 Å². The van der Waals surface area contributed by atoms with E-state index in [1.54, 1.807) is 19.1 Å². The number of amides is 2. The fourth-order valence-corrected chi connectivity index (χ4v) is 3.36. The number of carbonyl (C=O) groups excluding carboxylic acids is 2. The van der Waals surface area contributed by atoms with Gasteiger partial charge in [0.1, 0.15) is 5.56 Å². The van der Waals surface area contributed by atoms with E-state index in [1.807, 2.05) is 12.1 Å². The SMILES string of the molecule is Cc1nn(C)c(F)c1C(=O)N(C=O)c1ccccc1C(C)CC(C)(C)C. The Balaban J connectivity index is 2.48. The first kappa shape index (κ1) is 19.8. The summed E-state index contributed by atoms with van der Waals surface area (Å²) in [5.41, 5.74) is 1.52. The molecule has 140 valence electrons. The van der Waals surface area contributed by atoms with Crippen molar-refractivity contribution in [3.63, 3.8) is 0 Å². The van der Waals surface area contributed by atoms with Crippen molar-refractivity contribution in [3.8, 4) is 0 Å². The summed E-state index contributed by atoms with van der Waals surface area (Å²) in [4.78, 5) is 25.6. The van der Waals surface area contributed by atoms with Crippen molar-refractivity contribution in [3.05, 3.63) is 47.0 Å². The predicted molar refractivity (Wildman–Crippen MR) is 99.7 cm³/mol. The second-order valence-electron chi connectivity index (χ2n) is 7.88. The highest BCUT2D eigenvalue weighted by molar-refractivity contribution is 6.16. The van der Waals surface area contributed by atoms with E-state index >= 15 is 0 Å². The van der Waals surface area contributed by atoms with Crippen LogP contribution in [0.2, 0.25) is 0 Å². The van der Waals surface area contributed by atoms with Crippen LogP contribution in [-0.4, -0.2) is 22.1 Å². The molecule has 0 aliphatic rings. The summed E-state index contributed by atoms with van der Waals surface area (Å²) in [6.07, 6.45) is 1.32. The molecule has 1 unspecified atom stereocenters. The number of imide groups is 1. The lowest BCUT2D eigenvalue weighted by molar-refractivity contribution is -0.106. The molecule has 5 nitrogen and oxygen atoms in total. The van der Waals surface area contributed by atoms with Crippen LogP contribution in [0.5, 0.6) is 0 Å². The summed E-state index contributed by atoms with van der Waals surface area (Å²) in [7, 11) is 1.42. The molecule has 1 aromatic carbocycles. The van der Waals surface area contributed by atoms with Gasteiger partial charge in [0.2, 0.25) is 12.4 Å². The van der Waals surface area contributed by atoms with Crippen LogP contribution in [0.15, 0.2) is 24.3 Å². The van der Waals surface area contributed by atoms with E-state index in [4.69, 9.17) is 0 Å². The van der Waals surface area contributed by atoms with Crippen LogP contribution in [0.1, 0.15) is 61.6 Å². The highest BCUT2D eigenvalue weighted by atomic mass is 19.1. The van der Waals surface area contributed by atoms with E-state index in [0.29, 0.717) is 12.1 Å². The van der Waals surface area contributed by atoms with Crippen molar-refractivity contribution in [2.24, 2.45) is 12.5 Å². The third-order valence-corrected chi connectivity index (χ3v) is 4.34. The van der Waals surface area contributed by atoms with Gasteiger partial charge in [0.05, 0.1) is 11.4 Å². The number of carbonyl (C=O) groups is 2. The van der Waals surface area contributed by atoms with Crippen LogP contribution >= 0.6 is 0 Å². The maximum atomic E-state index is 14.3. The number of aromatic nitrogens is 2. The molecule has 26 heavy (non-hydrogen) atoms. The van der Waals surface area contributed by atoms with E-state index in [0.717, 1.165) is 21.6 Å². The lowest BCUT2D eigenvalue weighted by Crippen LogP contribution is -2.31. The molecule has 0 aliphatic heterocycles. The smallest absolute Gasteiger partial charge is 0.271 e. The third-order valence-electron chi connectivity index (χ3n) is 4.34. The first-order valence-corrected chi connectivity index (χ1v) is 8.63. The molecule has 2 aromatic rings. The van der Waals surface area contributed by atoms with E-state index < -0.39 is 11.9 Å². The van der Waals surface area contributed by atoms with Gasteiger partial charge < -0.3 is 0 Å². The topological polar surface area (TPSA) is 55.2 Å². The molecule has 0 saturated carbocycles. The van der Waals surface area contributed by atoms with Gasteiger partial charge in [-0.2, -0.15) is 9.49 Å². The minimum atomic E-state index is -0.750. The molecule has 0 fully saturated rings. The van der Waals surface area contributed by atoms with Crippen LogP contribution in [0.4, 0.5) is 10.1 Å². The van der Waals surface area contributed by atoms with Crippen molar-refractivity contribution >= 4 is 18.0 Å². The second-order valence-corrected chi connectivity index (χ2v) is 7.88. The number of nitrogens with zero attached hydrogens (tertiary/aromatic N) is 3. The number of benzene rings is 1. The Kier molecular flexibility index (Phi) is 5.64. The number of para-hydroxylation sites is 1. The van der Waals surface area contributed by atoms with E-state index in [-0.39, 0.29) is 22.6 Å². The van der Waals surface area contributed by atoms with Gasteiger partial charge in [-0.25, -0.2) is 9.58 Å². The van der Waals surface area contributed by atoms with E-state index in [1.165, 1.54) is 7.05 Å². The lowest BCUT2D eigenvalue weighted by atomic mass is 9.82. The molecule has 0 spiro atoms. The molecule has 0 aliphatic carbocycles. The molecule has 0 bridgehead atoms. The van der Waals surface area contributed by atoms with Gasteiger partial charge in [0.15, 0.2) is 0 Å². The lowest BCUT2D eigenvalue weighted by Gasteiger charge is -2.27. The maximum absolute atomic E-state index is 14.3. The summed E-state index contributed by atoms with van der Waals surface area (Å²) in [6.45, 7) is 10.0. The van der Waals surface area contributed by atoms with Crippen LogP contribution < -0.4 is 4.90 Å². The average molecular weight is 359 g/mol. The monoisotopic (exact) mass is 359 g/mol. The zero-order chi connectivity index (χ0) is 19.6. The molecule has 0 radical (unpaired) electrons. The normalized spacial score (nSPS) is 12.7. The van der Waals surface area contributed by atoms with E-state index in [9.17, 15) is 14.0 Å². The molecule has 0 saturated heterocycles. The van der Waals surface area contributed by atoms with Gasteiger partial charge in [0, 0.05) is 7.05 Å². The fourth-order valence-electron chi connectivity index (χ4n) is 3.36. The first-order valence-electron chi connectivity index (χ1n) is 8.63. The number of hydrogen-bond acceptors (Lipinski definition) is 3. The summed E-state index contributed by atoms with van der Waals surface area (Å²) in [5.74, 6) is -1.33. The van der Waals surface area contributed by atoms with Crippen LogP contribution in [0, 0.1) is 18.3 Å². The van der Waals surface area contributed by atoms with Gasteiger partial charge in [-0.3, -0.25) is 9.59 Å². The minimum Gasteiger partial charge on any atom is -0.278 e. The highest BCUT2D eigenvalue weighted by Crippen LogP contribution is 2.36. The second kappa shape index (κ2) is 7.40. The van der Waals surface area contributed by atoms with Crippen molar-refractivity contribution in [1.82, 2.24) is 9.78 Å². The summed E-state index contributed by atoms with van der Waals surface area (Å²) >= 11 is 0. The van der Waals surface area contributed by atoms with Gasteiger partial charge >= 0.3 is 0 Å². The number of hydrogen-bond donors (Lipinski definition) is 0. The Labute approximate surface area is 153 Å². The van der Waals surface area contributed by atoms with Crippen molar-refractivity contribution < 1.29 is 14.0 Å². The summed E-state index contributed by atoms with van der Waals surface area (Å²) in [6, 6.07) is 7.26. The molecular weight excluding hydrogens is 333 g/mol. The quantitative estimate of drug-likeness (QED) is 0.752. The van der Waals surface area contributed by atoms with Gasteiger partial charge in [-0.15, -0.1) is 0 Å².